The van der Waals surface area contributed by atoms with Gasteiger partial charge in [-0.1, -0.05) is 73.6 Å². The third kappa shape index (κ3) is 5.50. The van der Waals surface area contributed by atoms with E-state index in [0.717, 1.165) is 12.0 Å². The summed E-state index contributed by atoms with van der Waals surface area (Å²) in [5.41, 5.74) is 2.76. The number of ketones is 1. The van der Waals surface area contributed by atoms with Crippen molar-refractivity contribution in [2.75, 3.05) is 19.5 Å². The van der Waals surface area contributed by atoms with E-state index in [2.05, 4.69) is 24.0 Å². The number of halogens is 1. The second kappa shape index (κ2) is 10.8. The Kier molecular flexibility index (Phi) is 8.08. The Labute approximate surface area is 186 Å². The van der Waals surface area contributed by atoms with E-state index >= 15 is 0 Å². The minimum atomic E-state index is 0.0704. The smallest absolute Gasteiger partial charge is 0.191 e. The van der Waals surface area contributed by atoms with Crippen LogP contribution in [0.1, 0.15) is 42.1 Å². The van der Waals surface area contributed by atoms with Gasteiger partial charge in [-0.2, -0.15) is 0 Å². The average Bonchev–Trinajstić information content (AvgIpc) is 3.15. The minimum Gasteiger partial charge on any atom is -0.385 e. The van der Waals surface area contributed by atoms with Gasteiger partial charge in [-0.3, -0.25) is 4.79 Å². The Balaban J connectivity index is 1.77. The molecule has 5 nitrogen and oxygen atoms in total. The van der Waals surface area contributed by atoms with E-state index in [1.165, 1.54) is 17.3 Å². The van der Waals surface area contributed by atoms with Gasteiger partial charge in [-0.15, -0.1) is 10.2 Å². The van der Waals surface area contributed by atoms with Crippen LogP contribution < -0.4 is 0 Å². The largest absolute Gasteiger partial charge is 0.385 e. The zero-order valence-electron chi connectivity index (χ0n) is 17.5. The monoisotopic (exact) mass is 443 g/mol. The molecule has 0 saturated heterocycles. The molecule has 0 aliphatic carbocycles. The fourth-order valence-electron chi connectivity index (χ4n) is 3.07. The lowest BCUT2D eigenvalue weighted by molar-refractivity contribution is 0.102. The van der Waals surface area contributed by atoms with Crippen molar-refractivity contribution in [3.05, 3.63) is 64.7 Å². The standard InChI is InChI=1S/C23H26ClN3O2S/c1-16(2)17-9-11-18(12-10-17)21(28)15-30-23-26-25-22(27(23)13-6-14-29-3)19-7-4-5-8-20(19)24/h4-5,7-12,16H,6,13-15H2,1-3H3. The molecule has 7 heteroatoms. The van der Waals surface area contributed by atoms with Crippen molar-refractivity contribution in [3.8, 4) is 11.4 Å². The highest BCUT2D eigenvalue weighted by atomic mass is 35.5. The molecule has 0 atom stereocenters. The average molecular weight is 444 g/mol. The van der Waals surface area contributed by atoms with Crippen LogP contribution in [0.2, 0.25) is 5.02 Å². The number of carbonyl (C=O) groups excluding carboxylic acids is 1. The van der Waals surface area contributed by atoms with Crippen molar-refractivity contribution in [3.63, 3.8) is 0 Å². The first kappa shape index (κ1) is 22.5. The van der Waals surface area contributed by atoms with Gasteiger partial charge >= 0.3 is 0 Å². The van der Waals surface area contributed by atoms with Crippen LogP contribution in [0, 0.1) is 0 Å². The Hall–Kier alpha value is -2.15. The van der Waals surface area contributed by atoms with E-state index in [1.807, 2.05) is 53.1 Å². The molecule has 0 N–H and O–H groups in total. The van der Waals surface area contributed by atoms with Gasteiger partial charge in [0, 0.05) is 31.4 Å². The van der Waals surface area contributed by atoms with Crippen LogP contribution in [0.4, 0.5) is 0 Å². The van der Waals surface area contributed by atoms with Gasteiger partial charge in [0.15, 0.2) is 16.8 Å². The molecule has 0 aliphatic heterocycles. The van der Waals surface area contributed by atoms with E-state index in [4.69, 9.17) is 16.3 Å². The topological polar surface area (TPSA) is 57.0 Å². The van der Waals surface area contributed by atoms with Gasteiger partial charge in [-0.25, -0.2) is 0 Å². The number of nitrogens with zero attached hydrogens (tertiary/aromatic N) is 3. The van der Waals surface area contributed by atoms with Crippen molar-refractivity contribution in [1.29, 1.82) is 0 Å². The second-order valence-electron chi connectivity index (χ2n) is 7.27. The number of Topliss-reactive ketones (excluding diaryl/α,β-unsaturated/α-hetero) is 1. The summed E-state index contributed by atoms with van der Waals surface area (Å²) >= 11 is 7.77. The highest BCUT2D eigenvalue weighted by Crippen LogP contribution is 2.30. The number of ether oxygens (including phenoxy) is 1. The van der Waals surface area contributed by atoms with Crippen LogP contribution in [0.15, 0.2) is 53.7 Å². The predicted molar refractivity (Wildman–Crippen MR) is 123 cm³/mol. The number of methoxy groups -OCH3 is 1. The van der Waals surface area contributed by atoms with Crippen molar-refractivity contribution in [1.82, 2.24) is 14.8 Å². The number of thioether (sulfide) groups is 1. The molecule has 0 unspecified atom stereocenters. The SMILES string of the molecule is COCCCn1c(SCC(=O)c2ccc(C(C)C)cc2)nnc1-c1ccccc1Cl. The zero-order chi connectivity index (χ0) is 21.5. The normalized spacial score (nSPS) is 11.2. The van der Waals surface area contributed by atoms with Gasteiger partial charge in [0.05, 0.1) is 10.8 Å². The summed E-state index contributed by atoms with van der Waals surface area (Å²) in [4.78, 5) is 12.7. The van der Waals surface area contributed by atoms with E-state index in [0.29, 0.717) is 46.4 Å². The van der Waals surface area contributed by atoms with E-state index in [-0.39, 0.29) is 5.78 Å². The number of carbonyl (C=O) groups is 1. The number of hydrogen-bond donors (Lipinski definition) is 0. The van der Waals surface area contributed by atoms with Crippen molar-refractivity contribution >= 4 is 29.1 Å². The fraction of sp³-hybridized carbons (Fsp3) is 0.348. The van der Waals surface area contributed by atoms with Gasteiger partial charge < -0.3 is 9.30 Å². The van der Waals surface area contributed by atoms with Crippen LogP contribution in [-0.2, 0) is 11.3 Å². The second-order valence-corrected chi connectivity index (χ2v) is 8.62. The highest BCUT2D eigenvalue weighted by Gasteiger charge is 2.18. The molecule has 0 aliphatic rings. The lowest BCUT2D eigenvalue weighted by Crippen LogP contribution is -2.08. The molecule has 1 heterocycles. The highest BCUT2D eigenvalue weighted by molar-refractivity contribution is 7.99. The maximum atomic E-state index is 12.7. The molecule has 0 radical (unpaired) electrons. The Morgan fingerprint density at radius 2 is 1.87 bits per heavy atom. The summed E-state index contributed by atoms with van der Waals surface area (Å²) in [6.07, 6.45) is 0.810. The molecule has 158 valence electrons. The molecule has 3 aromatic rings. The molecule has 2 aromatic carbocycles. The molecule has 0 bridgehead atoms. The van der Waals surface area contributed by atoms with E-state index in [9.17, 15) is 4.79 Å². The molecular formula is C23H26ClN3O2S. The summed E-state index contributed by atoms with van der Waals surface area (Å²) < 4.78 is 7.20. The summed E-state index contributed by atoms with van der Waals surface area (Å²) in [5, 5.41) is 10.0. The first-order valence-electron chi connectivity index (χ1n) is 9.94. The van der Waals surface area contributed by atoms with Crippen molar-refractivity contribution in [2.24, 2.45) is 0 Å². The maximum absolute atomic E-state index is 12.7. The Bertz CT molecular complexity index is 986. The third-order valence-corrected chi connectivity index (χ3v) is 6.09. The minimum absolute atomic E-state index is 0.0704. The quantitative estimate of drug-likeness (QED) is 0.227. The van der Waals surface area contributed by atoms with Crippen LogP contribution in [-0.4, -0.2) is 40.0 Å². The fourth-order valence-corrected chi connectivity index (χ4v) is 4.15. The Morgan fingerprint density at radius 1 is 1.13 bits per heavy atom. The first-order chi connectivity index (χ1) is 14.5. The van der Waals surface area contributed by atoms with Crippen LogP contribution in [0.3, 0.4) is 0 Å². The predicted octanol–water partition coefficient (Wildman–Crippen LogP) is 5.73. The van der Waals surface area contributed by atoms with E-state index < -0.39 is 0 Å². The van der Waals surface area contributed by atoms with Crippen LogP contribution in [0.5, 0.6) is 0 Å². The van der Waals surface area contributed by atoms with Gasteiger partial charge in [-0.05, 0) is 30.0 Å². The molecular weight excluding hydrogens is 418 g/mol. The van der Waals surface area contributed by atoms with Gasteiger partial charge in [0.2, 0.25) is 0 Å². The number of benzene rings is 2. The molecule has 1 aromatic heterocycles. The lowest BCUT2D eigenvalue weighted by atomic mass is 10.0. The summed E-state index contributed by atoms with van der Waals surface area (Å²) in [5.74, 6) is 1.51. The molecule has 3 rings (SSSR count). The third-order valence-electron chi connectivity index (χ3n) is 4.79. The zero-order valence-corrected chi connectivity index (χ0v) is 19.0. The number of rotatable bonds is 10. The lowest BCUT2D eigenvalue weighted by Gasteiger charge is -2.11. The van der Waals surface area contributed by atoms with E-state index in [1.54, 1.807) is 7.11 Å². The number of aromatic nitrogens is 3. The van der Waals surface area contributed by atoms with Gasteiger partial charge in [0.25, 0.3) is 0 Å². The number of hydrogen-bond acceptors (Lipinski definition) is 5. The van der Waals surface area contributed by atoms with Crippen LogP contribution in [0.25, 0.3) is 11.4 Å². The molecule has 0 fully saturated rings. The molecule has 0 spiro atoms. The van der Waals surface area contributed by atoms with Crippen molar-refractivity contribution < 1.29 is 9.53 Å². The summed E-state index contributed by atoms with van der Waals surface area (Å²) in [6, 6.07) is 15.4. The maximum Gasteiger partial charge on any atom is 0.191 e. The first-order valence-corrected chi connectivity index (χ1v) is 11.3. The van der Waals surface area contributed by atoms with Crippen LogP contribution >= 0.6 is 23.4 Å². The Morgan fingerprint density at radius 3 is 2.53 bits per heavy atom. The van der Waals surface area contributed by atoms with Crippen molar-refractivity contribution in [2.45, 2.75) is 37.9 Å². The summed E-state index contributed by atoms with van der Waals surface area (Å²) in [7, 11) is 1.68. The molecule has 0 amide bonds. The summed E-state index contributed by atoms with van der Waals surface area (Å²) in [6.45, 7) is 5.59. The van der Waals surface area contributed by atoms with Gasteiger partial charge in [0.1, 0.15) is 0 Å². The molecule has 30 heavy (non-hydrogen) atoms. The molecule has 0 saturated carbocycles.